The lowest BCUT2D eigenvalue weighted by molar-refractivity contribution is 0.0304. The molecule has 96 valence electrons. The molecule has 1 aromatic carbocycles. The van der Waals surface area contributed by atoms with E-state index in [4.69, 9.17) is 5.26 Å². The molecular formula is C12H14FN3O2. The molecule has 6 heteroatoms. The van der Waals surface area contributed by atoms with Gasteiger partial charge in [0.1, 0.15) is 11.4 Å². The highest BCUT2D eigenvalue weighted by atomic mass is 19.1. The van der Waals surface area contributed by atoms with Gasteiger partial charge in [0.15, 0.2) is 0 Å². The molecule has 0 saturated carbocycles. The predicted molar refractivity (Wildman–Crippen MR) is 64.2 cm³/mol. The number of nitrogens with one attached hydrogen (secondary N) is 2. The monoisotopic (exact) mass is 251 g/mol. The number of halogens is 1. The summed E-state index contributed by atoms with van der Waals surface area (Å²) in [6, 6.07) is 5.98. The molecular weight excluding hydrogens is 237 g/mol. The fourth-order valence-corrected chi connectivity index (χ4v) is 1.29. The minimum absolute atomic E-state index is 0.176. The summed E-state index contributed by atoms with van der Waals surface area (Å²) in [7, 11) is 1.40. The molecule has 0 amide bonds. The van der Waals surface area contributed by atoms with Crippen LogP contribution >= 0.6 is 0 Å². The molecule has 0 saturated heterocycles. The summed E-state index contributed by atoms with van der Waals surface area (Å²) in [6.07, 6.45) is 0. The topological polar surface area (TPSA) is 74.2 Å². The van der Waals surface area contributed by atoms with E-state index in [2.05, 4.69) is 15.6 Å². The number of carbonyl (C=O) groups is 1. The van der Waals surface area contributed by atoms with Crippen molar-refractivity contribution in [3.63, 3.8) is 0 Å². The molecule has 0 aliphatic carbocycles. The Morgan fingerprint density at radius 2 is 2.17 bits per heavy atom. The number of nitrogens with zero attached hydrogens (tertiary/aromatic N) is 1. The van der Waals surface area contributed by atoms with E-state index in [0.29, 0.717) is 5.69 Å². The Kier molecular flexibility index (Phi) is 4.23. The maximum atomic E-state index is 13.7. The van der Waals surface area contributed by atoms with Gasteiger partial charge in [0, 0.05) is 12.7 Å². The summed E-state index contributed by atoms with van der Waals surface area (Å²) in [5, 5.41) is 11.7. The Morgan fingerprint density at radius 1 is 1.50 bits per heavy atom. The summed E-state index contributed by atoms with van der Waals surface area (Å²) in [4.78, 5) is 15.8. The molecule has 0 aliphatic rings. The third-order valence-electron chi connectivity index (χ3n) is 2.12. The molecule has 0 spiro atoms. The maximum absolute atomic E-state index is 13.7. The Bertz CT molecular complexity index is 495. The number of hydrogen-bond donors (Lipinski definition) is 2. The molecule has 18 heavy (non-hydrogen) atoms. The van der Waals surface area contributed by atoms with Gasteiger partial charge in [-0.05, 0) is 32.0 Å². The van der Waals surface area contributed by atoms with Gasteiger partial charge >= 0.3 is 5.97 Å². The maximum Gasteiger partial charge on any atom is 0.359 e. The van der Waals surface area contributed by atoms with Crippen LogP contribution in [0.25, 0.3) is 0 Å². The molecule has 0 fully saturated rings. The van der Waals surface area contributed by atoms with E-state index < -0.39 is 17.3 Å². The molecule has 0 unspecified atom stereocenters. The Balaban J connectivity index is 2.93. The molecule has 5 nitrogen and oxygen atoms in total. The van der Waals surface area contributed by atoms with Gasteiger partial charge in [0.05, 0.1) is 11.6 Å². The fraction of sp³-hybridized carbons (Fsp3) is 0.333. The molecule has 2 N–H and O–H groups in total. The van der Waals surface area contributed by atoms with Crippen LogP contribution in [-0.4, -0.2) is 18.6 Å². The van der Waals surface area contributed by atoms with Crippen molar-refractivity contribution in [1.82, 2.24) is 5.48 Å². The smallest absolute Gasteiger partial charge is 0.359 e. The Labute approximate surface area is 105 Å². The number of nitriles is 1. The summed E-state index contributed by atoms with van der Waals surface area (Å²) < 4.78 is 13.7. The van der Waals surface area contributed by atoms with Gasteiger partial charge in [-0.3, -0.25) is 0 Å². The van der Waals surface area contributed by atoms with Gasteiger partial charge in [-0.1, -0.05) is 0 Å². The minimum atomic E-state index is -0.820. The van der Waals surface area contributed by atoms with Gasteiger partial charge in [-0.2, -0.15) is 10.7 Å². The summed E-state index contributed by atoms with van der Waals surface area (Å²) in [5.41, 5.74) is 1.60. The Hall–Kier alpha value is -2.13. The minimum Gasteiger partial charge on any atom is -0.368 e. The number of rotatable bonds is 4. The summed E-state index contributed by atoms with van der Waals surface area (Å²) in [5.74, 6) is -1.52. The first-order valence-corrected chi connectivity index (χ1v) is 5.26. The zero-order chi connectivity index (χ0) is 13.8. The quantitative estimate of drug-likeness (QED) is 0.798. The second kappa shape index (κ2) is 5.47. The van der Waals surface area contributed by atoms with Crippen LogP contribution in [-0.2, 0) is 4.84 Å². The zero-order valence-electron chi connectivity index (χ0n) is 10.4. The lowest BCUT2D eigenvalue weighted by Crippen LogP contribution is -2.28. The highest BCUT2D eigenvalue weighted by Gasteiger charge is 2.18. The van der Waals surface area contributed by atoms with Crippen molar-refractivity contribution >= 4 is 11.7 Å². The van der Waals surface area contributed by atoms with E-state index >= 15 is 0 Å². The van der Waals surface area contributed by atoms with Crippen LogP contribution < -0.4 is 10.8 Å². The van der Waals surface area contributed by atoms with E-state index in [1.54, 1.807) is 13.8 Å². The highest BCUT2D eigenvalue weighted by molar-refractivity contribution is 5.90. The van der Waals surface area contributed by atoms with Gasteiger partial charge in [-0.25, -0.2) is 9.18 Å². The number of anilines is 1. The van der Waals surface area contributed by atoms with Crippen molar-refractivity contribution in [2.75, 3.05) is 12.4 Å². The lowest BCUT2D eigenvalue weighted by atomic mass is 10.1. The standard InChI is InChI=1S/C12H14FN3O2/c1-12(2,7-14)16-8-4-5-9(10(13)6-8)11(17)18-15-3/h4-6,15-16H,1-3H3. The van der Waals surface area contributed by atoms with Crippen LogP contribution in [0.3, 0.4) is 0 Å². The lowest BCUT2D eigenvalue weighted by Gasteiger charge is -2.19. The average Bonchev–Trinajstić information content (AvgIpc) is 2.29. The number of benzene rings is 1. The summed E-state index contributed by atoms with van der Waals surface area (Å²) >= 11 is 0. The van der Waals surface area contributed by atoms with E-state index in [1.807, 2.05) is 6.07 Å². The zero-order valence-corrected chi connectivity index (χ0v) is 10.4. The normalized spacial score (nSPS) is 10.6. The molecule has 0 aliphatic heterocycles. The van der Waals surface area contributed by atoms with Crippen LogP contribution in [0.1, 0.15) is 24.2 Å². The molecule has 0 aromatic heterocycles. The van der Waals surface area contributed by atoms with Gasteiger partial charge in [0.2, 0.25) is 0 Å². The first-order chi connectivity index (χ1) is 8.39. The fourth-order valence-electron chi connectivity index (χ4n) is 1.29. The van der Waals surface area contributed by atoms with Crippen molar-refractivity contribution in [3.05, 3.63) is 29.6 Å². The second-order valence-electron chi connectivity index (χ2n) is 4.15. The van der Waals surface area contributed by atoms with Crippen LogP contribution in [0.2, 0.25) is 0 Å². The third-order valence-corrected chi connectivity index (χ3v) is 2.12. The third kappa shape index (κ3) is 3.43. The van der Waals surface area contributed by atoms with Crippen molar-refractivity contribution < 1.29 is 14.0 Å². The second-order valence-corrected chi connectivity index (χ2v) is 4.15. The van der Waals surface area contributed by atoms with Crippen molar-refractivity contribution in [2.45, 2.75) is 19.4 Å². The van der Waals surface area contributed by atoms with Crippen molar-refractivity contribution in [1.29, 1.82) is 5.26 Å². The molecule has 1 aromatic rings. The first-order valence-electron chi connectivity index (χ1n) is 5.26. The van der Waals surface area contributed by atoms with Crippen LogP contribution in [0.4, 0.5) is 10.1 Å². The number of hydroxylamine groups is 1. The van der Waals surface area contributed by atoms with E-state index in [9.17, 15) is 9.18 Å². The Morgan fingerprint density at radius 3 is 2.67 bits per heavy atom. The van der Waals surface area contributed by atoms with E-state index in [1.165, 1.54) is 19.2 Å². The predicted octanol–water partition coefficient (Wildman–Crippen LogP) is 1.83. The average molecular weight is 251 g/mol. The van der Waals surface area contributed by atoms with Crippen LogP contribution in [0.5, 0.6) is 0 Å². The largest absolute Gasteiger partial charge is 0.368 e. The molecule has 0 atom stereocenters. The molecule has 1 rings (SSSR count). The van der Waals surface area contributed by atoms with Crippen molar-refractivity contribution in [3.8, 4) is 6.07 Å². The molecule has 0 radical (unpaired) electrons. The van der Waals surface area contributed by atoms with Gasteiger partial charge < -0.3 is 10.2 Å². The van der Waals surface area contributed by atoms with E-state index in [0.717, 1.165) is 6.07 Å². The highest BCUT2D eigenvalue weighted by Crippen LogP contribution is 2.18. The van der Waals surface area contributed by atoms with Gasteiger partial charge in [-0.15, -0.1) is 0 Å². The summed E-state index contributed by atoms with van der Waals surface area (Å²) in [6.45, 7) is 3.32. The number of carbonyl (C=O) groups excluding carboxylic acids is 1. The first kappa shape index (κ1) is 13.9. The molecule has 0 bridgehead atoms. The number of hydrogen-bond acceptors (Lipinski definition) is 5. The van der Waals surface area contributed by atoms with Crippen molar-refractivity contribution in [2.24, 2.45) is 0 Å². The van der Waals surface area contributed by atoms with Crippen LogP contribution in [0.15, 0.2) is 18.2 Å². The molecule has 0 heterocycles. The van der Waals surface area contributed by atoms with Crippen LogP contribution in [0, 0.1) is 17.1 Å². The van der Waals surface area contributed by atoms with Gasteiger partial charge in [0.25, 0.3) is 0 Å². The SMILES string of the molecule is CNOC(=O)c1ccc(NC(C)(C)C#N)cc1F. The van der Waals surface area contributed by atoms with E-state index in [-0.39, 0.29) is 5.56 Å².